The maximum absolute atomic E-state index is 13.0. The van der Waals surface area contributed by atoms with Crippen LogP contribution in [0.2, 0.25) is 0 Å². The number of nitrogens with one attached hydrogen (secondary N) is 1. The van der Waals surface area contributed by atoms with Crippen LogP contribution >= 0.6 is 11.3 Å². The molecule has 0 radical (unpaired) electrons. The molecule has 0 unspecified atom stereocenters. The highest BCUT2D eigenvalue weighted by Gasteiger charge is 2.29. The summed E-state index contributed by atoms with van der Waals surface area (Å²) in [6.45, 7) is 6.92. The monoisotopic (exact) mass is 330 g/mol. The summed E-state index contributed by atoms with van der Waals surface area (Å²) in [4.78, 5) is 1.50. The lowest BCUT2D eigenvalue weighted by Gasteiger charge is -2.21. The Hall–Kier alpha value is -0.430. The average Bonchev–Trinajstić information content (AvgIpc) is 2.68. The van der Waals surface area contributed by atoms with Gasteiger partial charge in [0, 0.05) is 24.5 Å². The van der Waals surface area contributed by atoms with Gasteiger partial charge in [-0.2, -0.15) is 4.31 Å². The molecule has 0 atom stereocenters. The third-order valence-electron chi connectivity index (χ3n) is 3.86. The van der Waals surface area contributed by atoms with Gasteiger partial charge in [0.2, 0.25) is 10.0 Å². The van der Waals surface area contributed by atoms with E-state index in [4.69, 9.17) is 0 Å². The molecule has 2 heterocycles. The van der Waals surface area contributed by atoms with Crippen LogP contribution in [0.25, 0.3) is 0 Å². The molecule has 0 amide bonds. The Morgan fingerprint density at radius 1 is 1.24 bits per heavy atom. The van der Waals surface area contributed by atoms with Crippen molar-refractivity contribution in [1.29, 1.82) is 0 Å². The molecular formula is C15H26N2O2S2. The van der Waals surface area contributed by atoms with Crippen LogP contribution in [0.15, 0.2) is 10.3 Å². The molecule has 1 aliphatic heterocycles. The standard InChI is InChI=1S/C15H26N2O2S2/c1-3-8-16-11-14-15(13(2)12-20-14)21(18,19)17-9-6-4-5-7-10-17/h12,16H,3-11H2,1-2H3. The Bertz CT molecular complexity index is 544. The van der Waals surface area contributed by atoms with Gasteiger partial charge in [-0.3, -0.25) is 0 Å². The highest BCUT2D eigenvalue weighted by molar-refractivity contribution is 7.89. The van der Waals surface area contributed by atoms with Gasteiger partial charge in [-0.1, -0.05) is 19.8 Å². The fourth-order valence-electron chi connectivity index (χ4n) is 2.75. The molecule has 1 aliphatic rings. The van der Waals surface area contributed by atoms with Gasteiger partial charge in [-0.05, 0) is 43.7 Å². The van der Waals surface area contributed by atoms with Crippen molar-refractivity contribution in [2.24, 2.45) is 0 Å². The number of hydrogen-bond acceptors (Lipinski definition) is 4. The zero-order valence-corrected chi connectivity index (χ0v) is 14.7. The van der Waals surface area contributed by atoms with Crippen molar-refractivity contribution >= 4 is 21.4 Å². The van der Waals surface area contributed by atoms with E-state index in [1.54, 1.807) is 15.6 Å². The summed E-state index contributed by atoms with van der Waals surface area (Å²) in [7, 11) is -3.34. The van der Waals surface area contributed by atoms with Crippen LogP contribution < -0.4 is 5.32 Å². The summed E-state index contributed by atoms with van der Waals surface area (Å²) in [5.74, 6) is 0. The molecule has 120 valence electrons. The van der Waals surface area contributed by atoms with Crippen LogP contribution in [0, 0.1) is 6.92 Å². The van der Waals surface area contributed by atoms with Crippen molar-refractivity contribution in [2.45, 2.75) is 57.4 Å². The van der Waals surface area contributed by atoms with Gasteiger partial charge < -0.3 is 5.32 Å². The predicted octanol–water partition coefficient (Wildman–Crippen LogP) is 3.12. The summed E-state index contributed by atoms with van der Waals surface area (Å²) in [5, 5.41) is 5.29. The molecule has 0 bridgehead atoms. The van der Waals surface area contributed by atoms with Crippen LogP contribution in [0.5, 0.6) is 0 Å². The van der Waals surface area contributed by atoms with E-state index in [1.165, 1.54) is 0 Å². The van der Waals surface area contributed by atoms with E-state index in [-0.39, 0.29) is 0 Å². The SMILES string of the molecule is CCCNCc1scc(C)c1S(=O)(=O)N1CCCCCC1. The molecule has 0 spiro atoms. The summed E-state index contributed by atoms with van der Waals surface area (Å²) in [6, 6.07) is 0. The lowest BCUT2D eigenvalue weighted by molar-refractivity contribution is 0.423. The first-order valence-electron chi connectivity index (χ1n) is 7.85. The van der Waals surface area contributed by atoms with Gasteiger partial charge in [0.25, 0.3) is 0 Å². The summed E-state index contributed by atoms with van der Waals surface area (Å²) in [6.07, 6.45) is 5.29. The zero-order valence-electron chi connectivity index (χ0n) is 13.0. The molecule has 0 aliphatic carbocycles. The zero-order chi connectivity index (χ0) is 15.3. The molecular weight excluding hydrogens is 304 g/mol. The largest absolute Gasteiger partial charge is 0.312 e. The third-order valence-corrected chi connectivity index (χ3v) is 7.23. The lowest BCUT2D eigenvalue weighted by atomic mass is 10.2. The highest BCUT2D eigenvalue weighted by atomic mass is 32.2. The fourth-order valence-corrected chi connectivity index (χ4v) is 5.99. The smallest absolute Gasteiger partial charge is 0.244 e. The van der Waals surface area contributed by atoms with Crippen LogP contribution in [0.3, 0.4) is 0 Å². The average molecular weight is 331 g/mol. The first kappa shape index (κ1) is 16.9. The molecule has 0 saturated carbocycles. The van der Waals surface area contributed by atoms with Crippen molar-refractivity contribution in [3.63, 3.8) is 0 Å². The van der Waals surface area contributed by atoms with E-state index in [1.807, 2.05) is 12.3 Å². The molecule has 21 heavy (non-hydrogen) atoms. The lowest BCUT2D eigenvalue weighted by Crippen LogP contribution is -2.33. The summed E-state index contributed by atoms with van der Waals surface area (Å²) < 4.78 is 27.7. The van der Waals surface area contributed by atoms with E-state index in [2.05, 4.69) is 12.2 Å². The molecule has 1 saturated heterocycles. The van der Waals surface area contributed by atoms with Gasteiger partial charge in [-0.25, -0.2) is 8.42 Å². The summed E-state index contributed by atoms with van der Waals surface area (Å²) in [5.41, 5.74) is 0.887. The second kappa shape index (κ2) is 7.72. The second-order valence-corrected chi connectivity index (χ2v) is 8.51. The number of sulfonamides is 1. The number of aryl methyl sites for hydroxylation is 1. The van der Waals surface area contributed by atoms with Crippen LogP contribution in [-0.4, -0.2) is 32.4 Å². The van der Waals surface area contributed by atoms with Gasteiger partial charge in [0.05, 0.1) is 0 Å². The fraction of sp³-hybridized carbons (Fsp3) is 0.733. The minimum Gasteiger partial charge on any atom is -0.312 e. The van der Waals surface area contributed by atoms with Crippen LogP contribution in [-0.2, 0) is 16.6 Å². The van der Waals surface area contributed by atoms with Gasteiger partial charge in [-0.15, -0.1) is 11.3 Å². The predicted molar refractivity (Wildman–Crippen MR) is 88.3 cm³/mol. The van der Waals surface area contributed by atoms with Crippen LogP contribution in [0.1, 0.15) is 49.5 Å². The Balaban J connectivity index is 2.23. The molecule has 0 aromatic carbocycles. The van der Waals surface area contributed by atoms with Gasteiger partial charge in [0.15, 0.2) is 0 Å². The maximum Gasteiger partial charge on any atom is 0.244 e. The van der Waals surface area contributed by atoms with Crippen molar-refractivity contribution in [3.05, 3.63) is 15.8 Å². The minimum absolute atomic E-state index is 0.554. The highest BCUT2D eigenvalue weighted by Crippen LogP contribution is 2.30. The Labute approximate surface area is 132 Å². The van der Waals surface area contributed by atoms with E-state index < -0.39 is 10.0 Å². The Morgan fingerprint density at radius 3 is 2.52 bits per heavy atom. The topological polar surface area (TPSA) is 49.4 Å². The van der Waals surface area contributed by atoms with Crippen LogP contribution in [0.4, 0.5) is 0 Å². The second-order valence-electron chi connectivity index (χ2n) is 5.67. The van der Waals surface area contributed by atoms with Gasteiger partial charge in [0.1, 0.15) is 4.90 Å². The molecule has 4 nitrogen and oxygen atoms in total. The molecule has 1 aromatic rings. The normalized spacial score (nSPS) is 17.8. The first-order chi connectivity index (χ1) is 10.1. The molecule has 1 N–H and O–H groups in total. The number of thiophene rings is 1. The van der Waals surface area contributed by atoms with Crippen molar-refractivity contribution in [1.82, 2.24) is 9.62 Å². The Morgan fingerprint density at radius 2 is 1.90 bits per heavy atom. The first-order valence-corrected chi connectivity index (χ1v) is 10.2. The number of nitrogens with zero attached hydrogens (tertiary/aromatic N) is 1. The minimum atomic E-state index is -3.34. The van der Waals surface area contributed by atoms with E-state index in [9.17, 15) is 8.42 Å². The third kappa shape index (κ3) is 4.06. The molecule has 1 aromatic heterocycles. The number of rotatable bonds is 6. The van der Waals surface area contributed by atoms with Crippen molar-refractivity contribution in [2.75, 3.05) is 19.6 Å². The van der Waals surface area contributed by atoms with E-state index in [0.29, 0.717) is 24.5 Å². The van der Waals surface area contributed by atoms with Crippen molar-refractivity contribution in [3.8, 4) is 0 Å². The summed E-state index contributed by atoms with van der Waals surface area (Å²) >= 11 is 1.55. The molecule has 2 rings (SSSR count). The maximum atomic E-state index is 13.0. The van der Waals surface area contributed by atoms with E-state index >= 15 is 0 Å². The van der Waals surface area contributed by atoms with Crippen molar-refractivity contribution < 1.29 is 8.42 Å². The molecule has 6 heteroatoms. The quantitative estimate of drug-likeness (QED) is 0.815. The van der Waals surface area contributed by atoms with E-state index in [0.717, 1.165) is 49.1 Å². The molecule has 1 fully saturated rings. The van der Waals surface area contributed by atoms with Gasteiger partial charge >= 0.3 is 0 Å². The number of hydrogen-bond donors (Lipinski definition) is 1. The Kier molecular flexibility index (Phi) is 6.22.